The molecular weight excluding hydrogens is 272 g/mol. The minimum Gasteiger partial charge on any atom is -0.299 e. The lowest BCUT2D eigenvalue weighted by atomic mass is 10.0. The van der Waals surface area contributed by atoms with Gasteiger partial charge in [-0.05, 0) is 11.1 Å². The van der Waals surface area contributed by atoms with E-state index in [0.717, 1.165) is 17.8 Å². The number of benzene rings is 2. The largest absolute Gasteiger partial charge is 0.299 e. The summed E-state index contributed by atoms with van der Waals surface area (Å²) >= 11 is 0. The fourth-order valence-corrected chi connectivity index (χ4v) is 2.23. The van der Waals surface area contributed by atoms with Crippen LogP contribution in [0, 0.1) is 0 Å². The van der Waals surface area contributed by atoms with Crippen LogP contribution < -0.4 is 0 Å². The quantitative estimate of drug-likeness (QED) is 0.573. The van der Waals surface area contributed by atoms with Crippen LogP contribution in [0.4, 0.5) is 0 Å². The molecule has 3 heteroatoms. The molecule has 0 aliphatic heterocycles. The second-order valence-corrected chi connectivity index (χ2v) is 5.28. The van der Waals surface area contributed by atoms with E-state index in [2.05, 4.69) is 17.2 Å². The Bertz CT molecular complexity index is 620. The van der Waals surface area contributed by atoms with Gasteiger partial charge in [-0.3, -0.25) is 9.80 Å². The third-order valence-corrected chi connectivity index (χ3v) is 3.41. The van der Waals surface area contributed by atoms with Crippen molar-refractivity contribution in [2.45, 2.75) is 26.3 Å². The summed E-state index contributed by atoms with van der Waals surface area (Å²) in [6.45, 7) is 2.61. The lowest BCUT2D eigenvalue weighted by molar-refractivity contribution is -0.117. The van der Waals surface area contributed by atoms with Gasteiger partial charge in [0.1, 0.15) is 5.78 Å². The molecule has 0 saturated heterocycles. The Hall–Kier alpha value is -2.42. The SMILES string of the molecule is CCC(=O)CC(=NN(C)Cc1ccccc1)c1ccccc1. The molecule has 0 amide bonds. The highest BCUT2D eigenvalue weighted by Gasteiger charge is 2.10. The molecule has 0 aromatic heterocycles. The van der Waals surface area contributed by atoms with E-state index in [-0.39, 0.29) is 5.78 Å². The fraction of sp³-hybridized carbons (Fsp3) is 0.263. The van der Waals surface area contributed by atoms with Crippen LogP contribution in [0.15, 0.2) is 65.8 Å². The predicted molar refractivity (Wildman–Crippen MR) is 90.8 cm³/mol. The first-order chi connectivity index (χ1) is 10.7. The molecule has 0 aliphatic carbocycles. The predicted octanol–water partition coefficient (Wildman–Crippen LogP) is 3.89. The maximum Gasteiger partial charge on any atom is 0.138 e. The summed E-state index contributed by atoms with van der Waals surface area (Å²) in [4.78, 5) is 11.8. The number of carbonyl (C=O) groups is 1. The number of hydrogen-bond donors (Lipinski definition) is 0. The molecule has 2 aromatic carbocycles. The number of rotatable bonds is 7. The Kier molecular flexibility index (Phi) is 5.90. The molecule has 22 heavy (non-hydrogen) atoms. The van der Waals surface area contributed by atoms with E-state index >= 15 is 0 Å². The smallest absolute Gasteiger partial charge is 0.138 e. The van der Waals surface area contributed by atoms with Gasteiger partial charge in [-0.15, -0.1) is 0 Å². The van der Waals surface area contributed by atoms with Crippen LogP contribution in [0.5, 0.6) is 0 Å². The molecule has 0 atom stereocenters. The fourth-order valence-electron chi connectivity index (χ4n) is 2.23. The number of nitrogens with zero attached hydrogens (tertiary/aromatic N) is 2. The standard InChI is InChI=1S/C19H22N2O/c1-3-18(22)14-19(17-12-8-5-9-13-17)20-21(2)15-16-10-6-4-7-11-16/h4-13H,3,14-15H2,1-2H3. The zero-order chi connectivity index (χ0) is 15.8. The number of hydrazone groups is 1. The van der Waals surface area contributed by atoms with Crippen LogP contribution in [0.25, 0.3) is 0 Å². The summed E-state index contributed by atoms with van der Waals surface area (Å²) in [5.74, 6) is 0.204. The van der Waals surface area contributed by atoms with Crippen LogP contribution in [0.3, 0.4) is 0 Å². The average molecular weight is 294 g/mol. The van der Waals surface area contributed by atoms with E-state index in [0.29, 0.717) is 12.8 Å². The molecule has 0 heterocycles. The van der Waals surface area contributed by atoms with Crippen LogP contribution in [-0.2, 0) is 11.3 Å². The number of carbonyl (C=O) groups excluding carboxylic acids is 1. The van der Waals surface area contributed by atoms with E-state index in [4.69, 9.17) is 0 Å². The van der Waals surface area contributed by atoms with Crippen molar-refractivity contribution in [2.75, 3.05) is 7.05 Å². The van der Waals surface area contributed by atoms with Gasteiger partial charge in [0.15, 0.2) is 0 Å². The van der Waals surface area contributed by atoms with Crippen LogP contribution in [0.2, 0.25) is 0 Å². The van der Waals surface area contributed by atoms with Crippen molar-refractivity contribution in [1.29, 1.82) is 0 Å². The second-order valence-electron chi connectivity index (χ2n) is 5.28. The molecule has 114 valence electrons. The van der Waals surface area contributed by atoms with Gasteiger partial charge in [0.05, 0.1) is 18.7 Å². The third-order valence-electron chi connectivity index (χ3n) is 3.41. The molecule has 0 saturated carbocycles. The summed E-state index contributed by atoms with van der Waals surface area (Å²) in [6.07, 6.45) is 0.911. The van der Waals surface area contributed by atoms with Crippen molar-refractivity contribution in [3.05, 3.63) is 71.8 Å². The van der Waals surface area contributed by atoms with Crippen LogP contribution in [0.1, 0.15) is 30.9 Å². The first-order valence-corrected chi connectivity index (χ1v) is 7.58. The average Bonchev–Trinajstić information content (AvgIpc) is 2.55. The van der Waals surface area contributed by atoms with Crippen molar-refractivity contribution in [2.24, 2.45) is 5.10 Å². The maximum absolute atomic E-state index is 11.8. The third kappa shape index (κ3) is 4.85. The van der Waals surface area contributed by atoms with Gasteiger partial charge < -0.3 is 0 Å². The molecule has 0 bridgehead atoms. The second kappa shape index (κ2) is 8.13. The normalized spacial score (nSPS) is 11.3. The molecule has 3 nitrogen and oxygen atoms in total. The molecule has 0 fully saturated rings. The van der Waals surface area contributed by atoms with Crippen LogP contribution in [-0.4, -0.2) is 23.6 Å². The highest BCUT2D eigenvalue weighted by molar-refractivity contribution is 6.10. The molecule has 0 aliphatic rings. The summed E-state index contributed by atoms with van der Waals surface area (Å²) < 4.78 is 0. The number of ketones is 1. The van der Waals surface area contributed by atoms with Crippen molar-refractivity contribution >= 4 is 11.5 Å². The Morgan fingerprint density at radius 2 is 1.59 bits per heavy atom. The Labute approximate surface area is 132 Å². The van der Waals surface area contributed by atoms with Gasteiger partial charge in [0, 0.05) is 13.5 Å². The van der Waals surface area contributed by atoms with E-state index in [9.17, 15) is 4.79 Å². The lowest BCUT2D eigenvalue weighted by Gasteiger charge is -2.16. The van der Waals surface area contributed by atoms with Gasteiger partial charge in [-0.25, -0.2) is 0 Å². The van der Waals surface area contributed by atoms with Gasteiger partial charge in [-0.1, -0.05) is 67.6 Å². The van der Waals surface area contributed by atoms with Gasteiger partial charge in [0.2, 0.25) is 0 Å². The molecule has 0 unspecified atom stereocenters. The summed E-state index contributed by atoms with van der Waals surface area (Å²) in [5, 5.41) is 6.55. The maximum atomic E-state index is 11.8. The van der Waals surface area contributed by atoms with Gasteiger partial charge >= 0.3 is 0 Å². The topological polar surface area (TPSA) is 32.7 Å². The van der Waals surface area contributed by atoms with E-state index in [1.54, 1.807) is 0 Å². The minimum absolute atomic E-state index is 0.204. The van der Waals surface area contributed by atoms with E-state index in [1.165, 1.54) is 5.56 Å². The van der Waals surface area contributed by atoms with Crippen LogP contribution >= 0.6 is 0 Å². The lowest BCUT2D eigenvalue weighted by Crippen LogP contribution is -2.17. The monoisotopic (exact) mass is 294 g/mol. The highest BCUT2D eigenvalue weighted by Crippen LogP contribution is 2.09. The Balaban J connectivity index is 2.18. The van der Waals surface area contributed by atoms with E-state index < -0.39 is 0 Å². The molecule has 0 spiro atoms. The van der Waals surface area contributed by atoms with Crippen molar-refractivity contribution < 1.29 is 4.79 Å². The van der Waals surface area contributed by atoms with E-state index in [1.807, 2.05) is 67.5 Å². The minimum atomic E-state index is 0.204. The van der Waals surface area contributed by atoms with Crippen molar-refractivity contribution in [3.8, 4) is 0 Å². The van der Waals surface area contributed by atoms with Crippen molar-refractivity contribution in [3.63, 3.8) is 0 Å². The van der Waals surface area contributed by atoms with Gasteiger partial charge in [0.25, 0.3) is 0 Å². The highest BCUT2D eigenvalue weighted by atomic mass is 16.1. The molecule has 2 aromatic rings. The molecule has 0 N–H and O–H groups in total. The number of Topliss-reactive ketones (excluding diaryl/α,β-unsaturated/α-hetero) is 1. The zero-order valence-electron chi connectivity index (χ0n) is 13.2. The molecule has 0 radical (unpaired) electrons. The Morgan fingerprint density at radius 1 is 1.00 bits per heavy atom. The first-order valence-electron chi connectivity index (χ1n) is 7.58. The zero-order valence-corrected chi connectivity index (χ0v) is 13.2. The Morgan fingerprint density at radius 3 is 2.18 bits per heavy atom. The number of hydrogen-bond acceptors (Lipinski definition) is 3. The van der Waals surface area contributed by atoms with Crippen molar-refractivity contribution in [1.82, 2.24) is 5.01 Å². The summed E-state index contributed by atoms with van der Waals surface area (Å²) in [5.41, 5.74) is 3.03. The van der Waals surface area contributed by atoms with Gasteiger partial charge in [-0.2, -0.15) is 5.10 Å². The first kappa shape index (κ1) is 16.0. The summed E-state index contributed by atoms with van der Waals surface area (Å²) in [6, 6.07) is 20.1. The molecule has 2 rings (SSSR count). The summed E-state index contributed by atoms with van der Waals surface area (Å²) in [7, 11) is 1.94. The molecular formula is C19H22N2O.